The number of nitro benzene ring substituents is 1. The molecule has 5 nitrogen and oxygen atoms in total. The molecule has 0 fully saturated rings. The molecule has 0 aliphatic carbocycles. The van der Waals surface area contributed by atoms with E-state index >= 15 is 0 Å². The number of hydrogen-bond acceptors (Lipinski definition) is 4. The second kappa shape index (κ2) is 2.76. The number of aromatic nitrogens is 1. The van der Waals surface area contributed by atoms with Crippen LogP contribution in [0.15, 0.2) is 16.5 Å². The van der Waals surface area contributed by atoms with Gasteiger partial charge in [-0.2, -0.15) is 4.39 Å². The molecule has 0 unspecified atom stereocenters. The van der Waals surface area contributed by atoms with Crippen LogP contribution in [0, 0.1) is 22.9 Å². The van der Waals surface area contributed by atoms with Gasteiger partial charge >= 0.3 is 5.69 Å². The van der Waals surface area contributed by atoms with Crippen LogP contribution in [0.1, 0.15) is 5.89 Å². The summed E-state index contributed by atoms with van der Waals surface area (Å²) in [7, 11) is 0. The lowest BCUT2D eigenvalue weighted by Crippen LogP contribution is -1.91. The van der Waals surface area contributed by atoms with Gasteiger partial charge in [0.1, 0.15) is 5.52 Å². The second-order valence-electron chi connectivity index (χ2n) is 2.76. The summed E-state index contributed by atoms with van der Waals surface area (Å²) in [4.78, 5) is 13.4. The fraction of sp³-hybridized carbons (Fsp3) is 0.125. The summed E-state index contributed by atoms with van der Waals surface area (Å²) in [5.41, 5.74) is -0.0907. The standard InChI is InChI=1S/C8H5FN2O3/c1-4-10-6-3-7(11(12)13)5(9)2-8(6)14-4/h2-3H,1H3. The number of nitrogens with zero attached hydrogens (tertiary/aromatic N) is 2. The van der Waals surface area contributed by atoms with E-state index in [1.54, 1.807) is 6.92 Å². The Morgan fingerprint density at radius 2 is 2.29 bits per heavy atom. The minimum absolute atomic E-state index is 0.214. The number of benzene rings is 1. The Labute approximate surface area is 77.3 Å². The molecule has 72 valence electrons. The predicted octanol–water partition coefficient (Wildman–Crippen LogP) is 2.18. The van der Waals surface area contributed by atoms with Crippen LogP contribution in [0.3, 0.4) is 0 Å². The van der Waals surface area contributed by atoms with Gasteiger partial charge in [-0.3, -0.25) is 10.1 Å². The maximum absolute atomic E-state index is 13.1. The molecule has 2 aromatic rings. The van der Waals surface area contributed by atoms with Crippen LogP contribution < -0.4 is 0 Å². The normalized spacial score (nSPS) is 10.7. The topological polar surface area (TPSA) is 69.2 Å². The molecule has 1 heterocycles. The highest BCUT2D eigenvalue weighted by molar-refractivity contribution is 5.75. The maximum Gasteiger partial charge on any atom is 0.307 e. The van der Waals surface area contributed by atoms with Crippen molar-refractivity contribution in [2.24, 2.45) is 0 Å². The molecule has 0 N–H and O–H groups in total. The van der Waals surface area contributed by atoms with Crippen molar-refractivity contribution in [1.82, 2.24) is 4.98 Å². The lowest BCUT2D eigenvalue weighted by atomic mass is 10.3. The van der Waals surface area contributed by atoms with Crippen molar-refractivity contribution in [3.8, 4) is 0 Å². The Bertz CT molecular complexity index is 521. The fourth-order valence-electron chi connectivity index (χ4n) is 1.19. The summed E-state index contributed by atoms with van der Waals surface area (Å²) in [5, 5.41) is 10.4. The molecule has 1 aromatic heterocycles. The Morgan fingerprint density at radius 3 is 2.93 bits per heavy atom. The zero-order valence-electron chi connectivity index (χ0n) is 7.15. The first kappa shape index (κ1) is 8.61. The molecular formula is C8H5FN2O3. The summed E-state index contributed by atoms with van der Waals surface area (Å²) in [6.07, 6.45) is 0. The molecular weight excluding hydrogens is 191 g/mol. The van der Waals surface area contributed by atoms with E-state index in [4.69, 9.17) is 4.42 Å². The van der Waals surface area contributed by atoms with E-state index in [0.29, 0.717) is 5.89 Å². The lowest BCUT2D eigenvalue weighted by Gasteiger charge is -1.91. The highest BCUT2D eigenvalue weighted by atomic mass is 19.1. The number of fused-ring (bicyclic) bond motifs is 1. The fourth-order valence-corrected chi connectivity index (χ4v) is 1.19. The highest BCUT2D eigenvalue weighted by Crippen LogP contribution is 2.24. The Balaban J connectivity index is 2.76. The quantitative estimate of drug-likeness (QED) is 0.517. The smallest absolute Gasteiger partial charge is 0.307 e. The van der Waals surface area contributed by atoms with Gasteiger partial charge in [-0.15, -0.1) is 0 Å². The van der Waals surface area contributed by atoms with Gasteiger partial charge in [-0.05, 0) is 0 Å². The van der Waals surface area contributed by atoms with E-state index in [2.05, 4.69) is 4.98 Å². The number of aryl methyl sites for hydroxylation is 1. The molecule has 0 atom stereocenters. The van der Waals surface area contributed by atoms with Crippen LogP contribution in [0.5, 0.6) is 0 Å². The van der Waals surface area contributed by atoms with Crippen molar-refractivity contribution in [3.05, 3.63) is 34.0 Å². The van der Waals surface area contributed by atoms with Crippen LogP contribution in [-0.4, -0.2) is 9.91 Å². The second-order valence-corrected chi connectivity index (χ2v) is 2.76. The van der Waals surface area contributed by atoms with E-state index in [1.807, 2.05) is 0 Å². The maximum atomic E-state index is 13.1. The molecule has 6 heteroatoms. The third-order valence-electron chi connectivity index (χ3n) is 1.76. The van der Waals surface area contributed by atoms with Crippen molar-refractivity contribution in [3.63, 3.8) is 0 Å². The molecule has 2 rings (SSSR count). The average molecular weight is 196 g/mol. The molecule has 0 saturated heterocycles. The van der Waals surface area contributed by atoms with Crippen molar-refractivity contribution >= 4 is 16.8 Å². The van der Waals surface area contributed by atoms with Crippen molar-refractivity contribution in [2.75, 3.05) is 0 Å². The monoisotopic (exact) mass is 196 g/mol. The zero-order chi connectivity index (χ0) is 10.3. The highest BCUT2D eigenvalue weighted by Gasteiger charge is 2.17. The molecule has 0 radical (unpaired) electrons. The number of nitro groups is 1. The minimum atomic E-state index is -0.918. The average Bonchev–Trinajstić information content (AvgIpc) is 2.42. The SMILES string of the molecule is Cc1nc2cc([N+](=O)[O-])c(F)cc2o1. The van der Waals surface area contributed by atoms with Crippen molar-refractivity contribution in [2.45, 2.75) is 6.92 Å². The molecule has 0 saturated carbocycles. The predicted molar refractivity (Wildman–Crippen MR) is 45.4 cm³/mol. The van der Waals surface area contributed by atoms with Gasteiger partial charge < -0.3 is 4.42 Å². The van der Waals surface area contributed by atoms with Crippen molar-refractivity contribution in [1.29, 1.82) is 0 Å². The van der Waals surface area contributed by atoms with Gasteiger partial charge in [0.2, 0.25) is 5.82 Å². The molecule has 0 spiro atoms. The summed E-state index contributed by atoms with van der Waals surface area (Å²) in [6, 6.07) is 2.02. The first-order chi connectivity index (χ1) is 6.58. The first-order valence-electron chi connectivity index (χ1n) is 3.79. The van der Waals surface area contributed by atoms with E-state index in [-0.39, 0.29) is 11.1 Å². The van der Waals surface area contributed by atoms with E-state index in [1.165, 1.54) is 0 Å². The third kappa shape index (κ3) is 1.20. The van der Waals surface area contributed by atoms with Gasteiger partial charge in [-0.25, -0.2) is 4.98 Å². The van der Waals surface area contributed by atoms with E-state index < -0.39 is 16.4 Å². The van der Waals surface area contributed by atoms with Crippen LogP contribution in [0.4, 0.5) is 10.1 Å². The van der Waals surface area contributed by atoms with Gasteiger partial charge in [0.05, 0.1) is 4.92 Å². The lowest BCUT2D eigenvalue weighted by molar-refractivity contribution is -0.387. The van der Waals surface area contributed by atoms with Gasteiger partial charge in [0.25, 0.3) is 0 Å². The number of oxazole rings is 1. The third-order valence-corrected chi connectivity index (χ3v) is 1.76. The van der Waals surface area contributed by atoms with Gasteiger partial charge in [-0.1, -0.05) is 0 Å². The van der Waals surface area contributed by atoms with Crippen molar-refractivity contribution < 1.29 is 13.7 Å². The molecule has 0 amide bonds. The van der Waals surface area contributed by atoms with Crippen LogP contribution in [0.25, 0.3) is 11.1 Å². The molecule has 14 heavy (non-hydrogen) atoms. The minimum Gasteiger partial charge on any atom is -0.441 e. The summed E-state index contributed by atoms with van der Waals surface area (Å²) >= 11 is 0. The largest absolute Gasteiger partial charge is 0.441 e. The molecule has 0 aliphatic heterocycles. The molecule has 1 aromatic carbocycles. The molecule has 0 aliphatic rings. The number of hydrogen-bond donors (Lipinski definition) is 0. The zero-order valence-corrected chi connectivity index (χ0v) is 7.15. The number of rotatable bonds is 1. The Kier molecular flexibility index (Phi) is 1.70. The Morgan fingerprint density at radius 1 is 1.57 bits per heavy atom. The van der Waals surface area contributed by atoms with Gasteiger partial charge in [0, 0.05) is 19.1 Å². The Hall–Kier alpha value is -1.98. The van der Waals surface area contributed by atoms with Gasteiger partial charge in [0.15, 0.2) is 11.5 Å². The van der Waals surface area contributed by atoms with Crippen LogP contribution >= 0.6 is 0 Å². The first-order valence-corrected chi connectivity index (χ1v) is 3.79. The van der Waals surface area contributed by atoms with E-state index in [9.17, 15) is 14.5 Å². The van der Waals surface area contributed by atoms with Crippen LogP contribution in [-0.2, 0) is 0 Å². The summed E-state index contributed by atoms with van der Waals surface area (Å²) in [6.45, 7) is 1.59. The number of halogens is 1. The summed E-state index contributed by atoms with van der Waals surface area (Å²) < 4.78 is 18.1. The summed E-state index contributed by atoms with van der Waals surface area (Å²) in [5.74, 6) is -0.571. The molecule has 0 bridgehead atoms. The van der Waals surface area contributed by atoms with E-state index in [0.717, 1.165) is 12.1 Å². The van der Waals surface area contributed by atoms with Crippen LogP contribution in [0.2, 0.25) is 0 Å².